The van der Waals surface area contributed by atoms with Crippen molar-refractivity contribution < 1.29 is 4.39 Å². The van der Waals surface area contributed by atoms with Crippen molar-refractivity contribution in [3.8, 4) is 0 Å². The molecule has 3 nitrogen and oxygen atoms in total. The number of hydrogen-bond acceptors (Lipinski definition) is 2. The summed E-state index contributed by atoms with van der Waals surface area (Å²) in [5.74, 6) is 0.669. The molecular formula is C16H17FN2O. The molecule has 0 spiro atoms. The molecule has 3 rings (SSSR count). The minimum Gasteiger partial charge on any atom is -0.310 e. The van der Waals surface area contributed by atoms with Gasteiger partial charge in [0, 0.05) is 18.4 Å². The zero-order valence-electron chi connectivity index (χ0n) is 11.2. The lowest BCUT2D eigenvalue weighted by atomic mass is 10.0. The van der Waals surface area contributed by atoms with E-state index in [0.29, 0.717) is 23.7 Å². The molecule has 0 atom stereocenters. The van der Waals surface area contributed by atoms with Crippen LogP contribution in [-0.4, -0.2) is 9.97 Å². The molecule has 1 aromatic carbocycles. The topological polar surface area (TPSA) is 45.8 Å². The number of halogens is 1. The summed E-state index contributed by atoms with van der Waals surface area (Å²) in [5, 5.41) is 0. The molecule has 1 fully saturated rings. The zero-order valence-corrected chi connectivity index (χ0v) is 11.2. The van der Waals surface area contributed by atoms with E-state index in [2.05, 4.69) is 9.97 Å². The summed E-state index contributed by atoms with van der Waals surface area (Å²) in [6.07, 6.45) is 4.90. The highest BCUT2D eigenvalue weighted by atomic mass is 19.1. The van der Waals surface area contributed by atoms with Crippen LogP contribution < -0.4 is 5.56 Å². The molecule has 1 N–H and O–H groups in total. The first-order valence-corrected chi connectivity index (χ1v) is 7.06. The Balaban J connectivity index is 1.90. The van der Waals surface area contributed by atoms with Gasteiger partial charge in [0.2, 0.25) is 0 Å². The average molecular weight is 272 g/mol. The van der Waals surface area contributed by atoms with Gasteiger partial charge in [0.05, 0.1) is 5.69 Å². The standard InChI is InChI=1S/C16H17FN2O/c17-13-8-4-3-7-12(13)9-15-18-14(10-16(20)19-15)11-5-1-2-6-11/h3-4,7-8,10-11H,1-2,5-6,9H2,(H,18,19,20). The zero-order chi connectivity index (χ0) is 13.9. The van der Waals surface area contributed by atoms with Gasteiger partial charge in [0.25, 0.3) is 5.56 Å². The second-order valence-electron chi connectivity index (χ2n) is 5.37. The van der Waals surface area contributed by atoms with Gasteiger partial charge in [-0.15, -0.1) is 0 Å². The first kappa shape index (κ1) is 13.0. The van der Waals surface area contributed by atoms with Crippen molar-refractivity contribution in [1.29, 1.82) is 0 Å². The molecule has 0 aliphatic heterocycles. The molecule has 1 heterocycles. The average Bonchev–Trinajstić information content (AvgIpc) is 2.95. The van der Waals surface area contributed by atoms with Gasteiger partial charge >= 0.3 is 0 Å². The number of aromatic nitrogens is 2. The molecule has 20 heavy (non-hydrogen) atoms. The molecule has 0 unspecified atom stereocenters. The largest absolute Gasteiger partial charge is 0.310 e. The van der Waals surface area contributed by atoms with E-state index < -0.39 is 0 Å². The van der Waals surface area contributed by atoms with Crippen molar-refractivity contribution in [3.05, 3.63) is 63.6 Å². The van der Waals surface area contributed by atoms with Crippen LogP contribution in [0.3, 0.4) is 0 Å². The Morgan fingerprint density at radius 2 is 2.00 bits per heavy atom. The Morgan fingerprint density at radius 1 is 1.25 bits per heavy atom. The molecule has 0 saturated heterocycles. The Kier molecular flexibility index (Phi) is 3.63. The molecule has 0 amide bonds. The molecule has 1 saturated carbocycles. The lowest BCUT2D eigenvalue weighted by Gasteiger charge is -2.10. The number of rotatable bonds is 3. The van der Waals surface area contributed by atoms with Crippen molar-refractivity contribution in [2.24, 2.45) is 0 Å². The van der Waals surface area contributed by atoms with Crippen LogP contribution in [-0.2, 0) is 6.42 Å². The Morgan fingerprint density at radius 3 is 2.75 bits per heavy atom. The van der Waals surface area contributed by atoms with Crippen LogP contribution in [0.15, 0.2) is 35.1 Å². The van der Waals surface area contributed by atoms with Crippen molar-refractivity contribution in [3.63, 3.8) is 0 Å². The Labute approximate surface area is 116 Å². The van der Waals surface area contributed by atoms with Crippen LogP contribution in [0.1, 0.15) is 48.7 Å². The van der Waals surface area contributed by atoms with Gasteiger partial charge in [0.15, 0.2) is 0 Å². The molecule has 0 bridgehead atoms. The molecule has 1 aromatic heterocycles. The second-order valence-corrected chi connectivity index (χ2v) is 5.37. The van der Waals surface area contributed by atoms with E-state index in [9.17, 15) is 9.18 Å². The second kappa shape index (κ2) is 5.57. The quantitative estimate of drug-likeness (QED) is 0.933. The highest BCUT2D eigenvalue weighted by Crippen LogP contribution is 2.32. The number of aromatic amines is 1. The fourth-order valence-electron chi connectivity index (χ4n) is 2.87. The van der Waals surface area contributed by atoms with E-state index in [4.69, 9.17) is 0 Å². The smallest absolute Gasteiger partial charge is 0.251 e. The lowest BCUT2D eigenvalue weighted by molar-refractivity contribution is 0.610. The third-order valence-electron chi connectivity index (χ3n) is 3.90. The Hall–Kier alpha value is -1.97. The van der Waals surface area contributed by atoms with Crippen LogP contribution in [0.2, 0.25) is 0 Å². The van der Waals surface area contributed by atoms with Crippen molar-refractivity contribution in [1.82, 2.24) is 9.97 Å². The highest BCUT2D eigenvalue weighted by Gasteiger charge is 2.19. The van der Waals surface area contributed by atoms with Gasteiger partial charge in [-0.1, -0.05) is 31.0 Å². The number of nitrogens with zero attached hydrogens (tertiary/aromatic N) is 1. The van der Waals surface area contributed by atoms with Gasteiger partial charge in [-0.05, 0) is 24.5 Å². The van der Waals surface area contributed by atoms with Crippen LogP contribution in [0.4, 0.5) is 4.39 Å². The Bertz CT molecular complexity index is 660. The third-order valence-corrected chi connectivity index (χ3v) is 3.90. The van der Waals surface area contributed by atoms with E-state index >= 15 is 0 Å². The third kappa shape index (κ3) is 2.79. The number of nitrogens with one attached hydrogen (secondary N) is 1. The van der Waals surface area contributed by atoms with E-state index in [1.165, 1.54) is 18.9 Å². The fraction of sp³-hybridized carbons (Fsp3) is 0.375. The van der Waals surface area contributed by atoms with E-state index in [1.54, 1.807) is 24.3 Å². The van der Waals surface area contributed by atoms with E-state index in [1.807, 2.05) is 0 Å². The van der Waals surface area contributed by atoms with Gasteiger partial charge < -0.3 is 4.98 Å². The van der Waals surface area contributed by atoms with E-state index in [0.717, 1.165) is 18.5 Å². The maximum Gasteiger partial charge on any atom is 0.251 e. The van der Waals surface area contributed by atoms with Crippen LogP contribution in [0.25, 0.3) is 0 Å². The molecule has 4 heteroatoms. The first-order chi connectivity index (χ1) is 9.72. The molecule has 1 aliphatic carbocycles. The lowest BCUT2D eigenvalue weighted by Crippen LogP contribution is -2.15. The summed E-state index contributed by atoms with van der Waals surface area (Å²) in [5.41, 5.74) is 1.27. The summed E-state index contributed by atoms with van der Waals surface area (Å²) in [7, 11) is 0. The summed E-state index contributed by atoms with van der Waals surface area (Å²) in [6.45, 7) is 0. The maximum atomic E-state index is 13.7. The SMILES string of the molecule is O=c1cc(C2CCCC2)nc(Cc2ccccc2F)[nH]1. The molecule has 0 radical (unpaired) electrons. The summed E-state index contributed by atoms with van der Waals surface area (Å²) in [4.78, 5) is 19.0. The normalized spacial score (nSPS) is 15.7. The predicted octanol–water partition coefficient (Wildman–Crippen LogP) is 3.16. The van der Waals surface area contributed by atoms with E-state index in [-0.39, 0.29) is 11.4 Å². The summed E-state index contributed by atoms with van der Waals surface area (Å²) >= 11 is 0. The number of H-pyrrole nitrogens is 1. The number of hydrogen-bond donors (Lipinski definition) is 1. The molecule has 1 aliphatic rings. The summed E-state index contributed by atoms with van der Waals surface area (Å²) < 4.78 is 13.7. The maximum absolute atomic E-state index is 13.7. The van der Waals surface area contributed by atoms with Crippen molar-refractivity contribution in [2.75, 3.05) is 0 Å². The van der Waals surface area contributed by atoms with Crippen molar-refractivity contribution in [2.45, 2.75) is 38.0 Å². The van der Waals surface area contributed by atoms with Gasteiger partial charge in [-0.2, -0.15) is 0 Å². The molecular weight excluding hydrogens is 255 g/mol. The highest BCUT2D eigenvalue weighted by molar-refractivity contribution is 5.22. The summed E-state index contributed by atoms with van der Waals surface area (Å²) in [6, 6.07) is 8.17. The van der Waals surface area contributed by atoms with Crippen molar-refractivity contribution >= 4 is 0 Å². The monoisotopic (exact) mass is 272 g/mol. The van der Waals surface area contributed by atoms with Gasteiger partial charge in [-0.3, -0.25) is 4.79 Å². The van der Waals surface area contributed by atoms with Gasteiger partial charge in [-0.25, -0.2) is 9.37 Å². The fourth-order valence-corrected chi connectivity index (χ4v) is 2.87. The van der Waals surface area contributed by atoms with Crippen LogP contribution >= 0.6 is 0 Å². The molecule has 104 valence electrons. The first-order valence-electron chi connectivity index (χ1n) is 7.06. The predicted molar refractivity (Wildman–Crippen MR) is 75.3 cm³/mol. The van der Waals surface area contributed by atoms with Crippen LogP contribution in [0, 0.1) is 5.82 Å². The number of benzene rings is 1. The minimum atomic E-state index is -0.263. The minimum absolute atomic E-state index is 0.145. The van der Waals surface area contributed by atoms with Crippen LogP contribution in [0.5, 0.6) is 0 Å². The van der Waals surface area contributed by atoms with Gasteiger partial charge in [0.1, 0.15) is 11.6 Å². The molecule has 2 aromatic rings.